The molecular weight excluding hydrogens is 352 g/mol. The number of carbonyl (C=O) groups is 1. The molecule has 1 N–H and O–H groups in total. The van der Waals surface area contributed by atoms with E-state index >= 15 is 0 Å². The molecule has 1 saturated carbocycles. The molecule has 1 aliphatic heterocycles. The largest absolute Gasteiger partial charge is 0.492 e. The molecule has 0 spiro atoms. The summed E-state index contributed by atoms with van der Waals surface area (Å²) in [5, 5.41) is 12.7. The van der Waals surface area contributed by atoms with Crippen molar-refractivity contribution >= 4 is 5.91 Å². The van der Waals surface area contributed by atoms with Crippen molar-refractivity contribution in [2.45, 2.75) is 44.1 Å². The fraction of sp³-hybridized carbons (Fsp3) is 0.636. The Kier molecular flexibility index (Phi) is 7.70. The van der Waals surface area contributed by atoms with Crippen LogP contribution in [0.3, 0.4) is 0 Å². The highest BCUT2D eigenvalue weighted by molar-refractivity contribution is 5.79. The number of hydrogen-bond acceptors (Lipinski definition) is 5. The average Bonchev–Trinajstić information content (AvgIpc) is 2.96. The number of nitrogens with one attached hydrogen (secondary N) is 1. The molecule has 6 heteroatoms. The molecule has 0 aromatic heterocycles. The maximum absolute atomic E-state index is 12.5. The van der Waals surface area contributed by atoms with Gasteiger partial charge in [0, 0.05) is 32.7 Å². The Morgan fingerprint density at radius 3 is 2.32 bits per heavy atom. The number of amides is 1. The van der Waals surface area contributed by atoms with E-state index in [0.717, 1.165) is 77.0 Å². The summed E-state index contributed by atoms with van der Waals surface area (Å²) in [5.41, 5.74) is -0.649. The number of para-hydroxylation sites is 1. The van der Waals surface area contributed by atoms with Crippen LogP contribution in [0.2, 0.25) is 0 Å². The first kappa shape index (κ1) is 20.6. The lowest BCUT2D eigenvalue weighted by molar-refractivity contribution is -0.124. The van der Waals surface area contributed by atoms with Crippen LogP contribution in [0.15, 0.2) is 30.3 Å². The standard InChI is InChI=1S/C22H32N4O2/c23-19-22(10-6-1-2-7-11-22)24-21(27)18-26-14-12-25(13-15-26)16-17-28-20-8-4-3-5-9-20/h3-5,8-9H,1-2,6-7,10-18H2,(H,24,27). The van der Waals surface area contributed by atoms with Crippen LogP contribution >= 0.6 is 0 Å². The number of rotatable bonds is 7. The van der Waals surface area contributed by atoms with E-state index in [4.69, 9.17) is 4.74 Å². The zero-order valence-corrected chi connectivity index (χ0v) is 16.7. The van der Waals surface area contributed by atoms with E-state index in [1.165, 1.54) is 0 Å². The number of nitrogens with zero attached hydrogens (tertiary/aromatic N) is 3. The molecule has 0 bridgehead atoms. The second-order valence-electron chi connectivity index (χ2n) is 7.94. The van der Waals surface area contributed by atoms with Crippen LogP contribution in [0.1, 0.15) is 38.5 Å². The molecule has 152 valence electrons. The Balaban J connectivity index is 1.35. The summed E-state index contributed by atoms with van der Waals surface area (Å²) in [7, 11) is 0. The molecule has 1 aliphatic carbocycles. The third-order valence-electron chi connectivity index (χ3n) is 5.80. The van der Waals surface area contributed by atoms with Gasteiger partial charge < -0.3 is 10.1 Å². The summed E-state index contributed by atoms with van der Waals surface area (Å²) < 4.78 is 5.77. The van der Waals surface area contributed by atoms with Gasteiger partial charge in [-0.25, -0.2) is 0 Å². The molecular formula is C22H32N4O2. The quantitative estimate of drug-likeness (QED) is 0.731. The normalized spacial score (nSPS) is 20.7. The van der Waals surface area contributed by atoms with Crippen LogP contribution in [0, 0.1) is 11.3 Å². The Bertz CT molecular complexity index is 642. The first-order valence-electron chi connectivity index (χ1n) is 10.5. The molecule has 28 heavy (non-hydrogen) atoms. The minimum absolute atomic E-state index is 0.00990. The smallest absolute Gasteiger partial charge is 0.235 e. The van der Waals surface area contributed by atoms with Gasteiger partial charge in [0.25, 0.3) is 0 Å². The van der Waals surface area contributed by atoms with E-state index < -0.39 is 5.54 Å². The monoisotopic (exact) mass is 384 g/mol. The summed E-state index contributed by atoms with van der Waals surface area (Å²) in [6, 6.07) is 12.3. The zero-order chi connectivity index (χ0) is 19.7. The number of piperazine rings is 1. The number of carbonyl (C=O) groups excluding carboxylic acids is 1. The van der Waals surface area contributed by atoms with Crippen LogP contribution in [0.5, 0.6) is 5.75 Å². The van der Waals surface area contributed by atoms with Crippen molar-refractivity contribution in [1.29, 1.82) is 5.26 Å². The molecule has 0 atom stereocenters. The van der Waals surface area contributed by atoms with Crippen molar-refractivity contribution in [3.63, 3.8) is 0 Å². The Labute approximate surface area is 168 Å². The number of benzene rings is 1. The van der Waals surface area contributed by atoms with Crippen molar-refractivity contribution < 1.29 is 9.53 Å². The summed E-state index contributed by atoms with van der Waals surface area (Å²) >= 11 is 0. The molecule has 2 fully saturated rings. The predicted molar refractivity (Wildman–Crippen MR) is 109 cm³/mol. The molecule has 1 amide bonds. The highest BCUT2D eigenvalue weighted by Crippen LogP contribution is 2.26. The molecule has 0 radical (unpaired) electrons. The van der Waals surface area contributed by atoms with Gasteiger partial charge >= 0.3 is 0 Å². The van der Waals surface area contributed by atoms with Gasteiger partial charge in [0.2, 0.25) is 5.91 Å². The third-order valence-corrected chi connectivity index (χ3v) is 5.80. The van der Waals surface area contributed by atoms with Crippen molar-refractivity contribution in [2.24, 2.45) is 0 Å². The van der Waals surface area contributed by atoms with Crippen molar-refractivity contribution in [3.8, 4) is 11.8 Å². The van der Waals surface area contributed by atoms with Gasteiger partial charge in [0.15, 0.2) is 0 Å². The topological polar surface area (TPSA) is 68.6 Å². The SMILES string of the molecule is N#CC1(NC(=O)CN2CCN(CCOc3ccccc3)CC2)CCCCCC1. The highest BCUT2D eigenvalue weighted by atomic mass is 16.5. The summed E-state index contributed by atoms with van der Waals surface area (Å²) in [4.78, 5) is 17.1. The molecule has 1 saturated heterocycles. The third kappa shape index (κ3) is 6.22. The fourth-order valence-corrected chi connectivity index (χ4v) is 4.09. The van der Waals surface area contributed by atoms with Gasteiger partial charge in [0.05, 0.1) is 12.6 Å². The van der Waals surface area contributed by atoms with E-state index in [9.17, 15) is 10.1 Å². The first-order chi connectivity index (χ1) is 13.7. The van der Waals surface area contributed by atoms with Crippen molar-refractivity contribution in [2.75, 3.05) is 45.9 Å². The van der Waals surface area contributed by atoms with Crippen LogP contribution in [-0.4, -0.2) is 67.1 Å². The maximum atomic E-state index is 12.5. The van der Waals surface area contributed by atoms with Gasteiger partial charge in [-0.05, 0) is 25.0 Å². The highest BCUT2D eigenvalue weighted by Gasteiger charge is 2.33. The van der Waals surface area contributed by atoms with Crippen LogP contribution < -0.4 is 10.1 Å². The predicted octanol–water partition coefficient (Wildman–Crippen LogP) is 2.42. The van der Waals surface area contributed by atoms with Gasteiger partial charge in [-0.3, -0.25) is 14.6 Å². The van der Waals surface area contributed by atoms with E-state index in [0.29, 0.717) is 13.2 Å². The van der Waals surface area contributed by atoms with E-state index in [-0.39, 0.29) is 5.91 Å². The molecule has 3 rings (SSSR count). The van der Waals surface area contributed by atoms with Crippen LogP contribution in [0.4, 0.5) is 0 Å². The summed E-state index contributed by atoms with van der Waals surface area (Å²) in [5.74, 6) is 0.895. The molecule has 6 nitrogen and oxygen atoms in total. The molecule has 1 aromatic carbocycles. The number of hydrogen-bond donors (Lipinski definition) is 1. The lowest BCUT2D eigenvalue weighted by Crippen LogP contribution is -2.54. The van der Waals surface area contributed by atoms with Gasteiger partial charge in [-0.1, -0.05) is 43.9 Å². The lowest BCUT2D eigenvalue weighted by atomic mass is 9.92. The van der Waals surface area contributed by atoms with Gasteiger partial charge in [-0.15, -0.1) is 0 Å². The van der Waals surface area contributed by atoms with E-state index in [1.807, 2.05) is 30.3 Å². The first-order valence-corrected chi connectivity index (χ1v) is 10.5. The van der Waals surface area contributed by atoms with Crippen molar-refractivity contribution in [1.82, 2.24) is 15.1 Å². The van der Waals surface area contributed by atoms with E-state index in [2.05, 4.69) is 21.2 Å². The maximum Gasteiger partial charge on any atom is 0.235 e. The molecule has 1 heterocycles. The Hall–Kier alpha value is -2.10. The van der Waals surface area contributed by atoms with Gasteiger partial charge in [0.1, 0.15) is 17.9 Å². The fourth-order valence-electron chi connectivity index (χ4n) is 4.09. The summed E-state index contributed by atoms with van der Waals surface area (Å²) in [6.07, 6.45) is 5.94. The minimum Gasteiger partial charge on any atom is -0.492 e. The second-order valence-corrected chi connectivity index (χ2v) is 7.94. The zero-order valence-electron chi connectivity index (χ0n) is 16.7. The van der Waals surface area contributed by atoms with Gasteiger partial charge in [-0.2, -0.15) is 5.26 Å². The number of ether oxygens (including phenoxy) is 1. The van der Waals surface area contributed by atoms with E-state index in [1.54, 1.807) is 0 Å². The average molecular weight is 385 g/mol. The molecule has 0 unspecified atom stereocenters. The van der Waals surface area contributed by atoms with Crippen LogP contribution in [0.25, 0.3) is 0 Å². The second kappa shape index (κ2) is 10.4. The van der Waals surface area contributed by atoms with Crippen molar-refractivity contribution in [3.05, 3.63) is 30.3 Å². The Morgan fingerprint density at radius 2 is 1.68 bits per heavy atom. The van der Waals surface area contributed by atoms with Crippen LogP contribution in [-0.2, 0) is 4.79 Å². The molecule has 2 aliphatic rings. The minimum atomic E-state index is -0.649. The lowest BCUT2D eigenvalue weighted by Gasteiger charge is -2.35. The summed E-state index contributed by atoms with van der Waals surface area (Å²) in [6.45, 7) is 5.58. The Morgan fingerprint density at radius 1 is 1.04 bits per heavy atom. The molecule has 1 aromatic rings. The number of nitriles is 1.